The second-order valence-corrected chi connectivity index (χ2v) is 6.11. The monoisotopic (exact) mass is 410 g/mol. The van der Waals surface area contributed by atoms with E-state index in [-0.39, 0.29) is 13.2 Å². The molecular formula is C23H22O7. The minimum absolute atomic E-state index is 0.306. The minimum atomic E-state index is -1.15. The minimum Gasteiger partial charge on any atom is -0.496 e. The van der Waals surface area contributed by atoms with Gasteiger partial charge in [0.1, 0.15) is 25.1 Å². The molecule has 0 amide bonds. The summed E-state index contributed by atoms with van der Waals surface area (Å²) in [6, 6.07) is 14.0. The van der Waals surface area contributed by atoms with Gasteiger partial charge in [0.2, 0.25) is 0 Å². The molecule has 1 N–H and O–H groups in total. The van der Waals surface area contributed by atoms with Gasteiger partial charge < -0.3 is 19.3 Å². The number of aliphatic hydroxyl groups is 1. The normalized spacial score (nSPS) is 11.9. The van der Waals surface area contributed by atoms with Crippen LogP contribution in [0.3, 0.4) is 0 Å². The summed E-state index contributed by atoms with van der Waals surface area (Å²) >= 11 is 0. The summed E-state index contributed by atoms with van der Waals surface area (Å²) in [5.41, 5.74) is 1.87. The standard InChI is InChI=1S/C23H22O7/c1-28-21-13-18(7-10-19(21)14-24)9-12-23(27)30-16-20(25)15-29-22(26)11-8-17-5-3-2-4-6-17/h2-14,20,25H,15-16H2,1H3/b11-8+,12-9+. The first-order chi connectivity index (χ1) is 14.5. The zero-order valence-corrected chi connectivity index (χ0v) is 16.4. The predicted molar refractivity (Wildman–Crippen MR) is 111 cm³/mol. The maximum Gasteiger partial charge on any atom is 0.330 e. The highest BCUT2D eigenvalue weighted by Crippen LogP contribution is 2.19. The highest BCUT2D eigenvalue weighted by atomic mass is 16.6. The fourth-order valence-corrected chi connectivity index (χ4v) is 2.32. The average molecular weight is 410 g/mol. The molecule has 1 atom stereocenters. The fraction of sp³-hybridized carbons (Fsp3) is 0.174. The van der Waals surface area contributed by atoms with E-state index in [1.807, 2.05) is 30.3 Å². The van der Waals surface area contributed by atoms with E-state index >= 15 is 0 Å². The van der Waals surface area contributed by atoms with E-state index in [9.17, 15) is 19.5 Å². The highest BCUT2D eigenvalue weighted by Gasteiger charge is 2.10. The van der Waals surface area contributed by atoms with Crippen LogP contribution in [-0.2, 0) is 19.1 Å². The van der Waals surface area contributed by atoms with Gasteiger partial charge in [-0.05, 0) is 35.4 Å². The van der Waals surface area contributed by atoms with Crippen molar-refractivity contribution in [2.75, 3.05) is 20.3 Å². The zero-order valence-electron chi connectivity index (χ0n) is 16.4. The molecule has 0 spiro atoms. The van der Waals surface area contributed by atoms with Crippen LogP contribution >= 0.6 is 0 Å². The van der Waals surface area contributed by atoms with Crippen molar-refractivity contribution in [2.24, 2.45) is 0 Å². The number of hydrogen-bond donors (Lipinski definition) is 1. The van der Waals surface area contributed by atoms with Gasteiger partial charge in [-0.2, -0.15) is 0 Å². The van der Waals surface area contributed by atoms with E-state index in [2.05, 4.69) is 0 Å². The Kier molecular flexibility index (Phi) is 9.02. The Morgan fingerprint density at radius 3 is 2.10 bits per heavy atom. The summed E-state index contributed by atoms with van der Waals surface area (Å²) in [6.07, 6.45) is 5.03. The SMILES string of the molecule is COc1cc(/C=C/C(=O)OCC(O)COC(=O)/C=C/c2ccccc2)ccc1C=O. The number of aliphatic hydroxyl groups excluding tert-OH is 1. The molecule has 1 unspecified atom stereocenters. The van der Waals surface area contributed by atoms with Crippen LogP contribution < -0.4 is 4.74 Å². The molecule has 0 aliphatic carbocycles. The van der Waals surface area contributed by atoms with Crippen LogP contribution in [0.1, 0.15) is 21.5 Å². The van der Waals surface area contributed by atoms with Crippen LogP contribution in [0.25, 0.3) is 12.2 Å². The van der Waals surface area contributed by atoms with E-state index in [4.69, 9.17) is 14.2 Å². The molecule has 0 heterocycles. The Balaban J connectivity index is 1.73. The molecule has 2 aromatic rings. The van der Waals surface area contributed by atoms with E-state index in [1.165, 1.54) is 25.3 Å². The molecule has 0 fully saturated rings. The molecule has 0 aliphatic rings. The number of aldehydes is 1. The average Bonchev–Trinajstić information content (AvgIpc) is 2.79. The van der Waals surface area contributed by atoms with Gasteiger partial charge >= 0.3 is 11.9 Å². The van der Waals surface area contributed by atoms with Crippen LogP contribution in [0.2, 0.25) is 0 Å². The third-order valence-corrected chi connectivity index (χ3v) is 3.84. The van der Waals surface area contributed by atoms with Crippen LogP contribution in [0, 0.1) is 0 Å². The molecule has 0 aliphatic heterocycles. The quantitative estimate of drug-likeness (QED) is 0.365. The molecule has 0 saturated carbocycles. The first-order valence-electron chi connectivity index (χ1n) is 9.08. The number of esters is 2. The molecular weight excluding hydrogens is 388 g/mol. The molecule has 2 rings (SSSR count). The summed E-state index contributed by atoms with van der Waals surface area (Å²) in [4.78, 5) is 34.3. The predicted octanol–water partition coefficient (Wildman–Crippen LogP) is 2.68. The topological polar surface area (TPSA) is 99.1 Å². The lowest BCUT2D eigenvalue weighted by atomic mass is 10.1. The van der Waals surface area contributed by atoms with Crippen LogP contribution in [-0.4, -0.2) is 49.8 Å². The van der Waals surface area contributed by atoms with Gasteiger partial charge in [0.05, 0.1) is 12.7 Å². The fourth-order valence-electron chi connectivity index (χ4n) is 2.32. The van der Waals surface area contributed by atoms with Crippen molar-refractivity contribution in [1.29, 1.82) is 0 Å². The largest absolute Gasteiger partial charge is 0.496 e. The number of rotatable bonds is 10. The Labute approximate surface area is 174 Å². The maximum absolute atomic E-state index is 11.8. The van der Waals surface area contributed by atoms with E-state index in [0.29, 0.717) is 23.2 Å². The van der Waals surface area contributed by atoms with Crippen LogP contribution in [0.15, 0.2) is 60.7 Å². The first kappa shape index (κ1) is 22.6. The third kappa shape index (κ3) is 7.73. The Morgan fingerprint density at radius 1 is 0.933 bits per heavy atom. The van der Waals surface area contributed by atoms with E-state index in [0.717, 1.165) is 5.56 Å². The molecule has 30 heavy (non-hydrogen) atoms. The van der Waals surface area contributed by atoms with Crippen molar-refractivity contribution >= 4 is 30.4 Å². The molecule has 2 aromatic carbocycles. The van der Waals surface area contributed by atoms with Gasteiger partial charge in [-0.1, -0.05) is 36.4 Å². The van der Waals surface area contributed by atoms with Gasteiger partial charge in [-0.25, -0.2) is 9.59 Å². The number of methoxy groups -OCH3 is 1. The lowest BCUT2D eigenvalue weighted by Crippen LogP contribution is -2.24. The van der Waals surface area contributed by atoms with Gasteiger partial charge in [-0.3, -0.25) is 4.79 Å². The zero-order chi connectivity index (χ0) is 21.8. The van der Waals surface area contributed by atoms with Crippen molar-refractivity contribution < 1.29 is 33.7 Å². The second kappa shape index (κ2) is 12.0. The maximum atomic E-state index is 11.8. The summed E-state index contributed by atoms with van der Waals surface area (Å²) in [5.74, 6) is -0.904. The Bertz CT molecular complexity index is 916. The molecule has 156 valence electrons. The Morgan fingerprint density at radius 2 is 1.53 bits per heavy atom. The summed E-state index contributed by atoms with van der Waals surface area (Å²) < 4.78 is 14.9. The van der Waals surface area contributed by atoms with Gasteiger partial charge in [0.15, 0.2) is 6.29 Å². The molecule has 0 aromatic heterocycles. The molecule has 0 radical (unpaired) electrons. The number of benzene rings is 2. The lowest BCUT2D eigenvalue weighted by Gasteiger charge is -2.10. The van der Waals surface area contributed by atoms with Crippen molar-refractivity contribution in [3.8, 4) is 5.75 Å². The van der Waals surface area contributed by atoms with Crippen LogP contribution in [0.5, 0.6) is 5.75 Å². The van der Waals surface area contributed by atoms with E-state index in [1.54, 1.807) is 24.3 Å². The van der Waals surface area contributed by atoms with Crippen LogP contribution in [0.4, 0.5) is 0 Å². The molecule has 7 heteroatoms. The van der Waals surface area contributed by atoms with Crippen molar-refractivity contribution in [2.45, 2.75) is 6.10 Å². The first-order valence-corrected chi connectivity index (χ1v) is 9.08. The smallest absolute Gasteiger partial charge is 0.330 e. The lowest BCUT2D eigenvalue weighted by molar-refractivity contribution is -0.146. The summed E-state index contributed by atoms with van der Waals surface area (Å²) in [5, 5.41) is 9.79. The van der Waals surface area contributed by atoms with E-state index < -0.39 is 18.0 Å². The van der Waals surface area contributed by atoms with Crippen molar-refractivity contribution in [3.05, 3.63) is 77.4 Å². The summed E-state index contributed by atoms with van der Waals surface area (Å²) in [6.45, 7) is -0.633. The number of hydrogen-bond acceptors (Lipinski definition) is 7. The van der Waals surface area contributed by atoms with Gasteiger partial charge in [0, 0.05) is 12.2 Å². The second-order valence-electron chi connectivity index (χ2n) is 6.11. The number of carbonyl (C=O) groups excluding carboxylic acids is 3. The van der Waals surface area contributed by atoms with Crippen molar-refractivity contribution in [3.63, 3.8) is 0 Å². The van der Waals surface area contributed by atoms with Gasteiger partial charge in [0.25, 0.3) is 0 Å². The molecule has 0 saturated heterocycles. The number of ether oxygens (including phenoxy) is 3. The van der Waals surface area contributed by atoms with Gasteiger partial charge in [-0.15, -0.1) is 0 Å². The highest BCUT2D eigenvalue weighted by molar-refractivity contribution is 5.88. The Hall–Kier alpha value is -3.71. The number of carbonyl (C=O) groups is 3. The molecule has 0 bridgehead atoms. The van der Waals surface area contributed by atoms with Crippen molar-refractivity contribution in [1.82, 2.24) is 0 Å². The summed E-state index contributed by atoms with van der Waals surface area (Å²) in [7, 11) is 1.44. The molecule has 7 nitrogen and oxygen atoms in total. The third-order valence-electron chi connectivity index (χ3n) is 3.84.